The van der Waals surface area contributed by atoms with Crippen LogP contribution >= 0.6 is 22.9 Å². The fourth-order valence-corrected chi connectivity index (χ4v) is 4.30. The molecule has 0 aliphatic rings. The zero-order valence-electron chi connectivity index (χ0n) is 10.5. The molecule has 8 heteroatoms. The number of nitrogens with zero attached hydrogens (tertiary/aromatic N) is 1. The Morgan fingerprint density at radius 2 is 2.00 bits per heavy atom. The lowest BCUT2D eigenvalue weighted by Gasteiger charge is -2.25. The molecule has 18 heavy (non-hydrogen) atoms. The van der Waals surface area contributed by atoms with Crippen LogP contribution in [0.4, 0.5) is 0 Å². The van der Waals surface area contributed by atoms with Crippen molar-refractivity contribution in [3.05, 3.63) is 10.2 Å². The fraction of sp³-hybridized carbons (Fsp3) is 0.700. The third-order valence-electron chi connectivity index (χ3n) is 2.88. The Labute approximate surface area is 116 Å². The van der Waals surface area contributed by atoms with Gasteiger partial charge in [-0.1, -0.05) is 36.8 Å². The Bertz CT molecular complexity index is 509. The van der Waals surface area contributed by atoms with Gasteiger partial charge in [0.15, 0.2) is 8.68 Å². The monoisotopic (exact) mass is 312 g/mol. The maximum absolute atomic E-state index is 12.0. The largest absolute Gasteiger partial charge is 0.389 e. The van der Waals surface area contributed by atoms with Gasteiger partial charge in [0, 0.05) is 6.54 Å². The molecule has 1 heterocycles. The summed E-state index contributed by atoms with van der Waals surface area (Å²) in [5.74, 6) is 0. The van der Waals surface area contributed by atoms with Crippen molar-refractivity contribution >= 4 is 33.0 Å². The topological polar surface area (TPSA) is 79.3 Å². The van der Waals surface area contributed by atoms with E-state index in [9.17, 15) is 13.5 Å². The molecular weight excluding hydrogens is 296 g/mol. The first-order valence-corrected chi connectivity index (χ1v) is 8.27. The van der Waals surface area contributed by atoms with Crippen LogP contribution in [0.2, 0.25) is 4.47 Å². The Morgan fingerprint density at radius 1 is 1.44 bits per heavy atom. The van der Waals surface area contributed by atoms with Gasteiger partial charge < -0.3 is 5.11 Å². The van der Waals surface area contributed by atoms with E-state index in [0.29, 0.717) is 18.5 Å². The predicted molar refractivity (Wildman–Crippen MR) is 72.6 cm³/mol. The minimum absolute atomic E-state index is 0.0166. The second-order valence-corrected chi connectivity index (χ2v) is 7.64. The Hall–Kier alpha value is -0.210. The highest BCUT2D eigenvalue weighted by Gasteiger charge is 2.27. The van der Waals surface area contributed by atoms with Crippen LogP contribution in [0.5, 0.6) is 0 Å². The van der Waals surface area contributed by atoms with Gasteiger partial charge in [-0.2, -0.15) is 0 Å². The van der Waals surface area contributed by atoms with E-state index in [4.69, 9.17) is 11.6 Å². The minimum atomic E-state index is -3.66. The van der Waals surface area contributed by atoms with Gasteiger partial charge in [0.1, 0.15) is 0 Å². The van der Waals surface area contributed by atoms with Gasteiger partial charge in [0.25, 0.3) is 10.0 Å². The zero-order chi connectivity index (χ0) is 14.0. The molecule has 0 atom stereocenters. The van der Waals surface area contributed by atoms with Gasteiger partial charge in [0.2, 0.25) is 0 Å². The van der Waals surface area contributed by atoms with Crippen LogP contribution in [0.25, 0.3) is 0 Å². The smallest absolute Gasteiger partial charge is 0.252 e. The maximum atomic E-state index is 12.0. The van der Waals surface area contributed by atoms with E-state index in [1.807, 2.05) is 13.8 Å². The van der Waals surface area contributed by atoms with Crippen LogP contribution in [0.3, 0.4) is 0 Å². The van der Waals surface area contributed by atoms with Gasteiger partial charge in [-0.15, -0.1) is 0 Å². The number of aromatic nitrogens is 1. The molecule has 0 fully saturated rings. The first-order chi connectivity index (χ1) is 8.24. The summed E-state index contributed by atoms with van der Waals surface area (Å²) in [6, 6.07) is 0. The quantitative estimate of drug-likeness (QED) is 0.841. The van der Waals surface area contributed by atoms with Crippen LogP contribution in [0, 0.1) is 6.92 Å². The number of thiazole rings is 1. The molecule has 0 aliphatic heterocycles. The van der Waals surface area contributed by atoms with E-state index >= 15 is 0 Å². The van der Waals surface area contributed by atoms with E-state index < -0.39 is 15.6 Å². The summed E-state index contributed by atoms with van der Waals surface area (Å²) in [4.78, 5) is 3.86. The van der Waals surface area contributed by atoms with Crippen molar-refractivity contribution in [1.82, 2.24) is 9.71 Å². The third-order valence-corrected chi connectivity index (χ3v) is 6.15. The number of aryl methyl sites for hydroxylation is 1. The Morgan fingerprint density at radius 3 is 2.39 bits per heavy atom. The number of hydrogen-bond donors (Lipinski definition) is 2. The Kier molecular flexibility index (Phi) is 5.13. The van der Waals surface area contributed by atoms with Crippen LogP contribution in [-0.4, -0.2) is 30.7 Å². The summed E-state index contributed by atoms with van der Waals surface area (Å²) in [5, 5.41) is 10.0. The number of nitrogens with one attached hydrogen (secondary N) is 1. The van der Waals surface area contributed by atoms with Crippen molar-refractivity contribution in [3.63, 3.8) is 0 Å². The van der Waals surface area contributed by atoms with Crippen LogP contribution in [0.15, 0.2) is 4.21 Å². The van der Waals surface area contributed by atoms with E-state index in [1.54, 1.807) is 6.92 Å². The lowest BCUT2D eigenvalue weighted by atomic mass is 9.98. The molecule has 2 N–H and O–H groups in total. The Balaban J connectivity index is 2.87. The lowest BCUT2D eigenvalue weighted by Crippen LogP contribution is -2.41. The average Bonchev–Trinajstić information content (AvgIpc) is 2.66. The third kappa shape index (κ3) is 3.64. The summed E-state index contributed by atoms with van der Waals surface area (Å²) in [6.07, 6.45) is 0.961. The fourth-order valence-electron chi connectivity index (χ4n) is 1.39. The number of halogens is 1. The summed E-state index contributed by atoms with van der Waals surface area (Å²) in [6.45, 7) is 5.19. The minimum Gasteiger partial charge on any atom is -0.389 e. The summed E-state index contributed by atoms with van der Waals surface area (Å²) >= 11 is 6.59. The van der Waals surface area contributed by atoms with Crippen molar-refractivity contribution in [3.8, 4) is 0 Å². The molecule has 1 rings (SSSR count). The second kappa shape index (κ2) is 5.83. The van der Waals surface area contributed by atoms with Crippen molar-refractivity contribution < 1.29 is 13.5 Å². The molecule has 1 aromatic heterocycles. The molecule has 0 aliphatic carbocycles. The van der Waals surface area contributed by atoms with Crippen LogP contribution in [0.1, 0.15) is 32.4 Å². The van der Waals surface area contributed by atoms with E-state index in [2.05, 4.69) is 9.71 Å². The molecule has 0 bridgehead atoms. The average molecular weight is 313 g/mol. The first kappa shape index (κ1) is 15.8. The molecule has 0 saturated heterocycles. The van der Waals surface area contributed by atoms with E-state index in [-0.39, 0.29) is 15.2 Å². The van der Waals surface area contributed by atoms with Crippen molar-refractivity contribution in [2.75, 3.05) is 6.54 Å². The highest BCUT2D eigenvalue weighted by Crippen LogP contribution is 2.26. The maximum Gasteiger partial charge on any atom is 0.252 e. The molecule has 104 valence electrons. The SMILES string of the molecule is CCC(O)(CC)CNS(=O)(=O)c1sc(Cl)nc1C. The van der Waals surface area contributed by atoms with Gasteiger partial charge in [-0.05, 0) is 19.8 Å². The van der Waals surface area contributed by atoms with Gasteiger partial charge >= 0.3 is 0 Å². The molecular formula is C10H17ClN2O3S2. The lowest BCUT2D eigenvalue weighted by molar-refractivity contribution is 0.0377. The normalized spacial score (nSPS) is 12.9. The predicted octanol–water partition coefficient (Wildman–Crippen LogP) is 1.93. The van der Waals surface area contributed by atoms with Crippen LogP contribution < -0.4 is 4.72 Å². The highest BCUT2D eigenvalue weighted by molar-refractivity contribution is 7.91. The van der Waals surface area contributed by atoms with Gasteiger partial charge in [0.05, 0.1) is 11.3 Å². The molecule has 0 amide bonds. The summed E-state index contributed by atoms with van der Waals surface area (Å²) < 4.78 is 26.8. The van der Waals surface area contributed by atoms with Crippen molar-refractivity contribution in [1.29, 1.82) is 0 Å². The standard InChI is InChI=1S/C10H17ClN2O3S2/c1-4-10(14,5-2)6-12-18(15,16)8-7(3)13-9(11)17-8/h12,14H,4-6H2,1-3H3. The van der Waals surface area contributed by atoms with Crippen LogP contribution in [-0.2, 0) is 10.0 Å². The molecule has 0 spiro atoms. The molecule has 0 saturated carbocycles. The van der Waals surface area contributed by atoms with Gasteiger partial charge in [-0.25, -0.2) is 18.1 Å². The van der Waals surface area contributed by atoms with E-state index in [0.717, 1.165) is 11.3 Å². The van der Waals surface area contributed by atoms with Crippen molar-refractivity contribution in [2.45, 2.75) is 43.4 Å². The molecule has 1 aromatic rings. The molecule has 0 unspecified atom stereocenters. The number of aliphatic hydroxyl groups is 1. The van der Waals surface area contributed by atoms with Crippen molar-refractivity contribution in [2.24, 2.45) is 0 Å². The number of sulfonamides is 1. The second-order valence-electron chi connectivity index (χ2n) is 4.10. The number of rotatable bonds is 6. The zero-order valence-corrected chi connectivity index (χ0v) is 12.9. The molecule has 0 radical (unpaired) electrons. The summed E-state index contributed by atoms with van der Waals surface area (Å²) in [5.41, 5.74) is -0.649. The molecule has 5 nitrogen and oxygen atoms in total. The molecule has 0 aromatic carbocycles. The summed E-state index contributed by atoms with van der Waals surface area (Å²) in [7, 11) is -3.66. The first-order valence-electron chi connectivity index (χ1n) is 5.59. The van der Waals surface area contributed by atoms with E-state index in [1.165, 1.54) is 0 Å². The highest BCUT2D eigenvalue weighted by atomic mass is 35.5. The van der Waals surface area contributed by atoms with Gasteiger partial charge in [-0.3, -0.25) is 0 Å². The number of hydrogen-bond acceptors (Lipinski definition) is 5.